The highest BCUT2D eigenvalue weighted by atomic mass is 32.3. The molecule has 4 N–H and O–H groups in total. The van der Waals surface area contributed by atoms with E-state index in [-0.39, 0.29) is 0 Å². The molecule has 0 aliphatic carbocycles. The summed E-state index contributed by atoms with van der Waals surface area (Å²) >= 11 is 0. The molecule has 0 bridgehead atoms. The maximum Gasteiger partial charge on any atom is 0.394 e. The number of nitrogens with one attached hydrogen (secondary N) is 1. The van der Waals surface area contributed by atoms with E-state index in [4.69, 9.17) is 22.6 Å². The minimum absolute atomic E-state index is 0.292. The monoisotopic (exact) mass is 228 g/mol. The van der Waals surface area contributed by atoms with Crippen molar-refractivity contribution >= 4 is 10.4 Å². The molecule has 0 aromatic carbocycles. The van der Waals surface area contributed by atoms with Crippen molar-refractivity contribution in [3.05, 3.63) is 0 Å². The van der Waals surface area contributed by atoms with Gasteiger partial charge < -0.3 is 10.4 Å². The number of aliphatic hydroxyl groups excluding tert-OH is 1. The minimum Gasteiger partial charge on any atom is -0.395 e. The molecule has 86 valence electrons. The van der Waals surface area contributed by atoms with E-state index < -0.39 is 10.4 Å². The van der Waals surface area contributed by atoms with Crippen LogP contribution < -0.4 is 5.32 Å². The van der Waals surface area contributed by atoms with Crippen LogP contribution in [0.4, 0.5) is 0 Å². The third-order valence-electron chi connectivity index (χ3n) is 1.63. The lowest BCUT2D eigenvalue weighted by atomic mass is 10.4. The van der Waals surface area contributed by atoms with Crippen LogP contribution in [-0.2, 0) is 10.4 Å². The van der Waals surface area contributed by atoms with E-state index in [1.165, 1.54) is 0 Å². The SMILES string of the molecule is O=S(=O)(O)O.OCCN1CCNCC1. The fourth-order valence-electron chi connectivity index (χ4n) is 1.08. The predicted octanol–water partition coefficient (Wildman–Crippen LogP) is -1.77. The van der Waals surface area contributed by atoms with Gasteiger partial charge in [0.15, 0.2) is 0 Å². The largest absolute Gasteiger partial charge is 0.395 e. The number of aliphatic hydroxyl groups is 1. The second-order valence-corrected chi connectivity index (χ2v) is 3.66. The van der Waals surface area contributed by atoms with Gasteiger partial charge in [-0.3, -0.25) is 14.0 Å². The Kier molecular flexibility index (Phi) is 6.97. The summed E-state index contributed by atoms with van der Waals surface area (Å²) in [6.45, 7) is 5.43. The second kappa shape index (κ2) is 7.10. The molecule has 1 rings (SSSR count). The molecule has 1 aliphatic rings. The van der Waals surface area contributed by atoms with Gasteiger partial charge in [0.1, 0.15) is 0 Å². The smallest absolute Gasteiger partial charge is 0.394 e. The first kappa shape index (κ1) is 13.8. The van der Waals surface area contributed by atoms with Crippen LogP contribution in [0.15, 0.2) is 0 Å². The van der Waals surface area contributed by atoms with Gasteiger partial charge in [0.25, 0.3) is 0 Å². The van der Waals surface area contributed by atoms with Gasteiger partial charge >= 0.3 is 10.4 Å². The molecular weight excluding hydrogens is 212 g/mol. The van der Waals surface area contributed by atoms with Crippen molar-refractivity contribution in [2.24, 2.45) is 0 Å². The van der Waals surface area contributed by atoms with Crippen molar-refractivity contribution in [2.75, 3.05) is 39.3 Å². The first-order chi connectivity index (χ1) is 6.43. The normalized spacial score (nSPS) is 18.5. The number of hydrogen-bond acceptors (Lipinski definition) is 5. The van der Waals surface area contributed by atoms with Crippen LogP contribution in [0.2, 0.25) is 0 Å². The highest BCUT2D eigenvalue weighted by molar-refractivity contribution is 7.79. The summed E-state index contributed by atoms with van der Waals surface area (Å²) in [5.74, 6) is 0. The first-order valence-corrected chi connectivity index (χ1v) is 5.57. The van der Waals surface area contributed by atoms with Gasteiger partial charge in [-0.15, -0.1) is 0 Å². The Morgan fingerprint density at radius 1 is 1.21 bits per heavy atom. The van der Waals surface area contributed by atoms with Crippen LogP contribution in [-0.4, -0.2) is 66.9 Å². The fourth-order valence-corrected chi connectivity index (χ4v) is 1.08. The molecule has 14 heavy (non-hydrogen) atoms. The highest BCUT2D eigenvalue weighted by Crippen LogP contribution is 1.88. The standard InChI is InChI=1S/C6H14N2O.H2O4S/c9-6-5-8-3-1-7-2-4-8;1-5(2,3)4/h7,9H,1-6H2;(H2,1,2,3,4). The molecular formula is C6H16N2O5S. The predicted molar refractivity (Wildman–Crippen MR) is 50.6 cm³/mol. The van der Waals surface area contributed by atoms with E-state index in [2.05, 4.69) is 10.2 Å². The van der Waals surface area contributed by atoms with Crippen LogP contribution >= 0.6 is 0 Å². The first-order valence-electron chi connectivity index (χ1n) is 4.17. The number of piperazine rings is 1. The van der Waals surface area contributed by atoms with Crippen LogP contribution in [0.25, 0.3) is 0 Å². The molecule has 0 amide bonds. The van der Waals surface area contributed by atoms with Gasteiger partial charge in [0.05, 0.1) is 6.61 Å². The van der Waals surface area contributed by atoms with Crippen molar-refractivity contribution < 1.29 is 22.6 Å². The summed E-state index contributed by atoms with van der Waals surface area (Å²) in [5, 5.41) is 11.8. The lowest BCUT2D eigenvalue weighted by molar-refractivity contribution is 0.180. The molecule has 0 atom stereocenters. The van der Waals surface area contributed by atoms with Crippen LogP contribution in [0.5, 0.6) is 0 Å². The summed E-state index contributed by atoms with van der Waals surface area (Å²) in [6, 6.07) is 0. The molecule has 1 saturated heterocycles. The third kappa shape index (κ3) is 11.8. The molecule has 8 heteroatoms. The van der Waals surface area contributed by atoms with E-state index in [1.54, 1.807) is 0 Å². The molecule has 0 aromatic rings. The Hall–Kier alpha value is -0.250. The summed E-state index contributed by atoms with van der Waals surface area (Å²) in [7, 11) is -4.67. The summed E-state index contributed by atoms with van der Waals surface area (Å²) in [4.78, 5) is 2.26. The van der Waals surface area contributed by atoms with Crippen LogP contribution in [0.3, 0.4) is 0 Å². The van der Waals surface area contributed by atoms with Gasteiger partial charge in [-0.25, -0.2) is 0 Å². The maximum atomic E-state index is 8.74. The zero-order chi connectivity index (χ0) is 11.0. The topological polar surface area (TPSA) is 110 Å². The Labute approximate surface area is 83.3 Å². The van der Waals surface area contributed by atoms with E-state index >= 15 is 0 Å². The molecule has 7 nitrogen and oxygen atoms in total. The van der Waals surface area contributed by atoms with Gasteiger partial charge in [0, 0.05) is 32.7 Å². The molecule has 1 aliphatic heterocycles. The van der Waals surface area contributed by atoms with Crippen molar-refractivity contribution in [3.8, 4) is 0 Å². The van der Waals surface area contributed by atoms with Crippen molar-refractivity contribution in [3.63, 3.8) is 0 Å². The lowest BCUT2D eigenvalue weighted by Crippen LogP contribution is -2.44. The molecule has 0 spiro atoms. The summed E-state index contributed by atoms with van der Waals surface area (Å²) in [5.41, 5.74) is 0. The van der Waals surface area contributed by atoms with Gasteiger partial charge in [0.2, 0.25) is 0 Å². The van der Waals surface area contributed by atoms with Crippen molar-refractivity contribution in [1.29, 1.82) is 0 Å². The van der Waals surface area contributed by atoms with Crippen LogP contribution in [0, 0.1) is 0 Å². The zero-order valence-corrected chi connectivity index (χ0v) is 8.57. The number of hydrogen-bond donors (Lipinski definition) is 4. The molecule has 0 saturated carbocycles. The third-order valence-corrected chi connectivity index (χ3v) is 1.63. The average Bonchev–Trinajstić information content (AvgIpc) is 2.03. The van der Waals surface area contributed by atoms with Crippen LogP contribution in [0.1, 0.15) is 0 Å². The Bertz CT molecular complexity index is 214. The molecule has 0 aromatic heterocycles. The molecule has 0 unspecified atom stereocenters. The number of β-amino-alcohol motifs (C(OH)–C–C–N with tert-alkyl or cyclic N) is 1. The molecule has 1 fully saturated rings. The fraction of sp³-hybridized carbons (Fsp3) is 1.00. The second-order valence-electron chi connectivity index (χ2n) is 2.76. The number of rotatable bonds is 2. The number of nitrogens with zero attached hydrogens (tertiary/aromatic N) is 1. The quantitative estimate of drug-likeness (QED) is 0.414. The maximum absolute atomic E-state index is 8.74. The van der Waals surface area contributed by atoms with Crippen molar-refractivity contribution in [2.45, 2.75) is 0 Å². The van der Waals surface area contributed by atoms with Gasteiger partial charge in [-0.05, 0) is 0 Å². The zero-order valence-electron chi connectivity index (χ0n) is 7.76. The van der Waals surface area contributed by atoms with Crippen molar-refractivity contribution in [1.82, 2.24) is 10.2 Å². The Morgan fingerprint density at radius 3 is 2.00 bits per heavy atom. The van der Waals surface area contributed by atoms with E-state index in [0.29, 0.717) is 6.61 Å². The summed E-state index contributed by atoms with van der Waals surface area (Å²) < 4.78 is 31.6. The highest BCUT2D eigenvalue weighted by Gasteiger charge is 2.06. The van der Waals surface area contributed by atoms with E-state index in [1.807, 2.05) is 0 Å². The van der Waals surface area contributed by atoms with Gasteiger partial charge in [-0.2, -0.15) is 8.42 Å². The molecule has 0 radical (unpaired) electrons. The minimum atomic E-state index is -4.67. The Balaban J connectivity index is 0.000000292. The van der Waals surface area contributed by atoms with Gasteiger partial charge in [-0.1, -0.05) is 0 Å². The summed E-state index contributed by atoms with van der Waals surface area (Å²) in [6.07, 6.45) is 0. The lowest BCUT2D eigenvalue weighted by Gasteiger charge is -2.25. The Morgan fingerprint density at radius 2 is 1.64 bits per heavy atom. The molecule has 1 heterocycles. The van der Waals surface area contributed by atoms with E-state index in [9.17, 15) is 0 Å². The van der Waals surface area contributed by atoms with E-state index in [0.717, 1.165) is 32.7 Å². The average molecular weight is 228 g/mol.